The zero-order chi connectivity index (χ0) is 26.5. The van der Waals surface area contributed by atoms with Crippen molar-refractivity contribution in [2.24, 2.45) is 0 Å². The molecule has 3 rings (SSSR count). The van der Waals surface area contributed by atoms with Gasteiger partial charge in [0.05, 0.1) is 0 Å². The van der Waals surface area contributed by atoms with Crippen LogP contribution in [0.15, 0.2) is 48.5 Å². The minimum absolute atomic E-state index is 0.125. The number of amides is 3. The maximum Gasteiger partial charge on any atom is 0.408 e. The standard InChI is InChI=1S/C29H35N3O4/c1-7-21-15-17-22(18-16-21)25(26(33)31-24-14-9-8-11-19(24)2)32(23-12-10-13-23)27(34)20(3)30-28(35)36-29(4,5)6/h1,8-9,11,14-18,20,23,25H,10,12-13H2,2-6H3,(H,30,35)(H,31,33). The van der Waals surface area contributed by atoms with E-state index in [1.165, 1.54) is 0 Å². The summed E-state index contributed by atoms with van der Waals surface area (Å²) in [6.07, 6.45) is 7.36. The van der Waals surface area contributed by atoms with Crippen molar-refractivity contribution in [1.82, 2.24) is 10.2 Å². The first-order valence-electron chi connectivity index (χ1n) is 12.2. The van der Waals surface area contributed by atoms with Crippen LogP contribution in [0.2, 0.25) is 0 Å². The Morgan fingerprint density at radius 2 is 1.72 bits per heavy atom. The van der Waals surface area contributed by atoms with Gasteiger partial charge in [-0.1, -0.05) is 36.3 Å². The van der Waals surface area contributed by atoms with Crippen molar-refractivity contribution in [3.05, 3.63) is 65.2 Å². The lowest BCUT2D eigenvalue weighted by atomic mass is 9.88. The number of hydrogen-bond donors (Lipinski definition) is 2. The second-order valence-corrected chi connectivity index (χ2v) is 10.2. The molecule has 0 radical (unpaired) electrons. The smallest absolute Gasteiger partial charge is 0.408 e. The summed E-state index contributed by atoms with van der Waals surface area (Å²) in [6.45, 7) is 8.78. The zero-order valence-corrected chi connectivity index (χ0v) is 21.6. The van der Waals surface area contributed by atoms with Crippen molar-refractivity contribution in [3.8, 4) is 12.3 Å². The molecule has 0 saturated heterocycles. The first kappa shape index (κ1) is 26.8. The van der Waals surface area contributed by atoms with Gasteiger partial charge in [0.25, 0.3) is 5.91 Å². The lowest BCUT2D eigenvalue weighted by Crippen LogP contribution is -2.56. The number of terminal acetylenes is 1. The Kier molecular flexibility index (Phi) is 8.41. The average Bonchev–Trinajstić information content (AvgIpc) is 2.77. The molecule has 2 unspecified atom stereocenters. The molecular formula is C29H35N3O4. The minimum atomic E-state index is -0.905. The maximum absolute atomic E-state index is 13.8. The van der Waals surface area contributed by atoms with Gasteiger partial charge >= 0.3 is 6.09 Å². The van der Waals surface area contributed by atoms with Gasteiger partial charge in [0, 0.05) is 17.3 Å². The number of aryl methyl sites for hydroxylation is 1. The van der Waals surface area contributed by atoms with Gasteiger partial charge in [0.1, 0.15) is 17.7 Å². The average molecular weight is 490 g/mol. The first-order valence-corrected chi connectivity index (χ1v) is 12.2. The topological polar surface area (TPSA) is 87.7 Å². The Labute approximate surface area is 213 Å². The van der Waals surface area contributed by atoms with Crippen LogP contribution < -0.4 is 10.6 Å². The highest BCUT2D eigenvalue weighted by atomic mass is 16.6. The molecule has 36 heavy (non-hydrogen) atoms. The summed E-state index contributed by atoms with van der Waals surface area (Å²) in [5.74, 6) is 1.90. The van der Waals surface area contributed by atoms with Gasteiger partial charge in [-0.25, -0.2) is 4.79 Å². The SMILES string of the molecule is C#Cc1ccc(C(C(=O)Nc2ccccc2C)N(C(=O)C(C)NC(=O)OC(C)(C)C)C2CCC2)cc1. The summed E-state index contributed by atoms with van der Waals surface area (Å²) < 4.78 is 5.33. The van der Waals surface area contributed by atoms with E-state index in [9.17, 15) is 14.4 Å². The van der Waals surface area contributed by atoms with Gasteiger partial charge in [0.2, 0.25) is 5.91 Å². The number of anilines is 1. The molecule has 7 heteroatoms. The second-order valence-electron chi connectivity index (χ2n) is 10.2. The van der Waals surface area contributed by atoms with Crippen molar-refractivity contribution in [1.29, 1.82) is 0 Å². The van der Waals surface area contributed by atoms with Crippen molar-refractivity contribution in [2.75, 3.05) is 5.32 Å². The molecular weight excluding hydrogens is 454 g/mol. The van der Waals surface area contributed by atoms with Gasteiger partial charge in [-0.15, -0.1) is 6.42 Å². The number of ether oxygens (including phenoxy) is 1. The first-order chi connectivity index (χ1) is 17.0. The van der Waals surface area contributed by atoms with Crippen LogP contribution in [0.5, 0.6) is 0 Å². The van der Waals surface area contributed by atoms with Crippen molar-refractivity contribution >= 4 is 23.6 Å². The second kappa shape index (κ2) is 11.3. The van der Waals surface area contributed by atoms with E-state index < -0.39 is 23.8 Å². The van der Waals surface area contributed by atoms with Crippen molar-refractivity contribution in [2.45, 2.75) is 77.6 Å². The Balaban J connectivity index is 1.96. The number of para-hydroxylation sites is 1. The maximum atomic E-state index is 13.8. The van der Waals surface area contributed by atoms with E-state index in [0.717, 1.165) is 24.8 Å². The summed E-state index contributed by atoms with van der Waals surface area (Å²) >= 11 is 0. The number of carbonyl (C=O) groups excluding carboxylic acids is 3. The molecule has 1 fully saturated rings. The fourth-order valence-corrected chi connectivity index (χ4v) is 4.07. The lowest BCUT2D eigenvalue weighted by Gasteiger charge is -2.43. The van der Waals surface area contributed by atoms with Crippen LogP contribution >= 0.6 is 0 Å². The summed E-state index contributed by atoms with van der Waals surface area (Å²) in [4.78, 5) is 41.6. The monoisotopic (exact) mass is 489 g/mol. The Morgan fingerprint density at radius 1 is 1.08 bits per heavy atom. The number of alkyl carbamates (subject to hydrolysis) is 1. The van der Waals surface area contributed by atoms with Crippen LogP contribution in [0.4, 0.5) is 10.5 Å². The van der Waals surface area contributed by atoms with Crippen molar-refractivity contribution in [3.63, 3.8) is 0 Å². The molecule has 0 aromatic heterocycles. The zero-order valence-electron chi connectivity index (χ0n) is 21.6. The highest BCUT2D eigenvalue weighted by Gasteiger charge is 2.41. The Hall–Kier alpha value is -3.79. The molecule has 2 N–H and O–H groups in total. The number of hydrogen-bond acceptors (Lipinski definition) is 4. The van der Waals surface area contributed by atoms with Gasteiger partial charge in [-0.2, -0.15) is 0 Å². The van der Waals surface area contributed by atoms with E-state index in [0.29, 0.717) is 16.8 Å². The fourth-order valence-electron chi connectivity index (χ4n) is 4.07. The van der Waals surface area contributed by atoms with Crippen LogP contribution in [0.25, 0.3) is 0 Å². The highest BCUT2D eigenvalue weighted by molar-refractivity contribution is 5.99. The van der Waals surface area contributed by atoms with Gasteiger partial charge in [0.15, 0.2) is 0 Å². The molecule has 0 spiro atoms. The molecule has 0 bridgehead atoms. The van der Waals surface area contributed by atoms with E-state index >= 15 is 0 Å². The van der Waals surface area contributed by atoms with E-state index in [-0.39, 0.29) is 17.9 Å². The van der Waals surface area contributed by atoms with Gasteiger partial charge < -0.3 is 20.3 Å². The van der Waals surface area contributed by atoms with E-state index in [1.54, 1.807) is 56.9 Å². The summed E-state index contributed by atoms with van der Waals surface area (Å²) in [5, 5.41) is 5.63. The molecule has 7 nitrogen and oxygen atoms in total. The molecule has 190 valence electrons. The number of nitrogens with one attached hydrogen (secondary N) is 2. The fraction of sp³-hybridized carbons (Fsp3) is 0.414. The summed E-state index contributed by atoms with van der Waals surface area (Å²) in [6, 6.07) is 12.6. The molecule has 2 atom stereocenters. The summed E-state index contributed by atoms with van der Waals surface area (Å²) in [7, 11) is 0. The van der Waals surface area contributed by atoms with Crippen molar-refractivity contribution < 1.29 is 19.1 Å². The molecule has 1 aliphatic rings. The van der Waals surface area contributed by atoms with Gasteiger partial charge in [-0.05, 0) is 83.2 Å². The predicted octanol–water partition coefficient (Wildman–Crippen LogP) is 4.95. The van der Waals surface area contributed by atoms with Crippen LogP contribution in [-0.2, 0) is 14.3 Å². The van der Waals surface area contributed by atoms with E-state index in [1.807, 2.05) is 31.2 Å². The molecule has 1 saturated carbocycles. The predicted molar refractivity (Wildman–Crippen MR) is 140 cm³/mol. The number of benzene rings is 2. The van der Waals surface area contributed by atoms with E-state index in [4.69, 9.17) is 11.2 Å². The van der Waals surface area contributed by atoms with Crippen LogP contribution in [0.3, 0.4) is 0 Å². The molecule has 0 aliphatic heterocycles. The molecule has 3 amide bonds. The third kappa shape index (κ3) is 6.66. The normalized spacial score (nSPS) is 15.0. The Bertz CT molecular complexity index is 1140. The number of rotatable bonds is 7. The quantitative estimate of drug-likeness (QED) is 0.539. The summed E-state index contributed by atoms with van der Waals surface area (Å²) in [5.41, 5.74) is 2.21. The van der Waals surface area contributed by atoms with Crippen LogP contribution in [0.1, 0.15) is 69.7 Å². The highest BCUT2D eigenvalue weighted by Crippen LogP contribution is 2.34. The molecule has 1 aliphatic carbocycles. The Morgan fingerprint density at radius 3 is 2.25 bits per heavy atom. The number of carbonyl (C=O) groups is 3. The van der Waals surface area contributed by atoms with E-state index in [2.05, 4.69) is 16.6 Å². The molecule has 2 aromatic rings. The third-order valence-electron chi connectivity index (χ3n) is 6.15. The molecule has 2 aromatic carbocycles. The largest absolute Gasteiger partial charge is 0.444 e. The lowest BCUT2D eigenvalue weighted by molar-refractivity contribution is -0.145. The van der Waals surface area contributed by atoms with Gasteiger partial charge in [-0.3, -0.25) is 9.59 Å². The van der Waals surface area contributed by atoms with Crippen LogP contribution in [0, 0.1) is 19.3 Å². The molecule has 0 heterocycles. The van der Waals surface area contributed by atoms with Crippen LogP contribution in [-0.4, -0.2) is 40.5 Å². The number of nitrogens with zero attached hydrogens (tertiary/aromatic N) is 1. The minimum Gasteiger partial charge on any atom is -0.444 e. The third-order valence-corrected chi connectivity index (χ3v) is 6.15.